The first-order chi connectivity index (χ1) is 29.3. The fourth-order valence-electron chi connectivity index (χ4n) is 11.0. The molecule has 270 valence electrons. The van der Waals surface area contributed by atoms with Crippen molar-refractivity contribution in [1.82, 2.24) is 0 Å². The number of rotatable bonds is 3. The van der Waals surface area contributed by atoms with Crippen molar-refractivity contribution in [3.8, 4) is 77.2 Å². The summed E-state index contributed by atoms with van der Waals surface area (Å²) in [7, 11) is 0. The van der Waals surface area contributed by atoms with Crippen LogP contribution in [-0.4, -0.2) is 0 Å². The summed E-state index contributed by atoms with van der Waals surface area (Å²) in [5.74, 6) is 0. The maximum absolute atomic E-state index is 2.49. The van der Waals surface area contributed by atoms with Gasteiger partial charge in [0.25, 0.3) is 0 Å². The molecule has 0 saturated carbocycles. The molecule has 0 aliphatic heterocycles. The zero-order valence-corrected chi connectivity index (χ0v) is 32.7. The van der Waals surface area contributed by atoms with Gasteiger partial charge in [0, 0.05) is 4.88 Å². The average molecular weight is 761 g/mol. The normalized spacial score (nSPS) is 12.4. The lowest BCUT2D eigenvalue weighted by atomic mass is 9.80. The summed E-state index contributed by atoms with van der Waals surface area (Å²) < 4.78 is 0. The lowest BCUT2D eigenvalue weighted by Crippen LogP contribution is -1.95. The van der Waals surface area contributed by atoms with Gasteiger partial charge in [-0.05, 0) is 167 Å². The van der Waals surface area contributed by atoms with E-state index in [0.717, 1.165) is 0 Å². The van der Waals surface area contributed by atoms with E-state index in [1.54, 1.807) is 0 Å². The molecule has 0 amide bonds. The molecular weight excluding hydrogens is 729 g/mol. The molecule has 0 atom stereocenters. The predicted molar refractivity (Wildman–Crippen MR) is 255 cm³/mol. The van der Waals surface area contributed by atoms with Crippen LogP contribution in [0.5, 0.6) is 0 Å². The third kappa shape index (κ3) is 4.17. The fourth-order valence-corrected chi connectivity index (χ4v) is 11.8. The number of hydrogen-bond donors (Lipinski definition) is 0. The van der Waals surface area contributed by atoms with E-state index in [0.29, 0.717) is 0 Å². The first kappa shape index (κ1) is 31.7. The molecule has 0 N–H and O–H groups in total. The summed E-state index contributed by atoms with van der Waals surface area (Å²) in [6.07, 6.45) is 0. The molecule has 0 unspecified atom stereocenters. The van der Waals surface area contributed by atoms with Crippen molar-refractivity contribution in [3.05, 3.63) is 193 Å². The van der Waals surface area contributed by atoms with Gasteiger partial charge in [-0.25, -0.2) is 0 Å². The zero-order valence-electron chi connectivity index (χ0n) is 31.9. The van der Waals surface area contributed by atoms with E-state index in [2.05, 4.69) is 193 Å². The van der Waals surface area contributed by atoms with E-state index in [1.807, 2.05) is 11.3 Å². The Morgan fingerprint density at radius 3 is 1.68 bits per heavy atom. The van der Waals surface area contributed by atoms with Crippen LogP contribution >= 0.6 is 11.3 Å². The molecule has 1 heteroatoms. The van der Waals surface area contributed by atoms with Crippen molar-refractivity contribution in [1.29, 1.82) is 0 Å². The van der Waals surface area contributed by atoms with Crippen LogP contribution in [0.15, 0.2) is 193 Å². The second-order valence-corrected chi connectivity index (χ2v) is 17.2. The van der Waals surface area contributed by atoms with Gasteiger partial charge in [0.05, 0.1) is 0 Å². The van der Waals surface area contributed by atoms with Gasteiger partial charge in [-0.15, -0.1) is 11.3 Å². The molecule has 0 saturated heterocycles. The molecule has 2 aliphatic carbocycles. The number of hydrogen-bond acceptors (Lipinski definition) is 1. The molecule has 11 aromatic carbocycles. The van der Waals surface area contributed by atoms with Gasteiger partial charge in [-0.3, -0.25) is 0 Å². The standard InChI is InChI=1S/C58H32S/c1-3-12-33(13-4-1)52-46-28-25-38-43(24-23-36-30-48-44-27-26-39(51-22-11-29-59-51)41-19-9-20-42(54(41)44)49(48)32-47(36)38)56(46)53(34-14-5-2-6-15-34)58-50-31-35-16-7-8-17-37(35)40-18-10-21-45(55(40)50)57(52)58/h1-32H. The van der Waals surface area contributed by atoms with E-state index in [4.69, 9.17) is 0 Å². The number of benzene rings is 11. The van der Waals surface area contributed by atoms with Crippen molar-refractivity contribution in [3.63, 3.8) is 0 Å². The van der Waals surface area contributed by atoms with E-state index in [-0.39, 0.29) is 0 Å². The van der Waals surface area contributed by atoms with Crippen LogP contribution in [0.3, 0.4) is 0 Å². The molecule has 12 aromatic rings. The van der Waals surface area contributed by atoms with Gasteiger partial charge < -0.3 is 0 Å². The minimum Gasteiger partial charge on any atom is -0.144 e. The maximum Gasteiger partial charge on any atom is 0.0348 e. The van der Waals surface area contributed by atoms with Gasteiger partial charge in [0.15, 0.2) is 0 Å². The summed E-state index contributed by atoms with van der Waals surface area (Å²) in [5, 5.41) is 17.9. The highest BCUT2D eigenvalue weighted by molar-refractivity contribution is 7.13. The molecule has 14 rings (SSSR count). The van der Waals surface area contributed by atoms with Crippen LogP contribution in [0.1, 0.15) is 0 Å². The second kappa shape index (κ2) is 11.6. The first-order valence-electron chi connectivity index (χ1n) is 20.5. The molecule has 0 nitrogen and oxygen atoms in total. The Morgan fingerprint density at radius 1 is 0.254 bits per heavy atom. The highest BCUT2D eigenvalue weighted by Gasteiger charge is 2.32. The third-order valence-corrected chi connectivity index (χ3v) is 14.3. The first-order valence-corrected chi connectivity index (χ1v) is 21.4. The maximum atomic E-state index is 2.49. The van der Waals surface area contributed by atoms with Crippen LogP contribution in [-0.2, 0) is 0 Å². The highest BCUT2D eigenvalue weighted by Crippen LogP contribution is 2.60. The SMILES string of the molecule is c1ccc(-c2c3c(c(-c4ccccc4)c4c2ccc2c5cc6c(cc5ccc24)-c2ccc(-c4cccs4)c4cccc-6c24)-c2cc4ccccc4c4cccc-3c24)cc1. The molecular formula is C58H32S. The molecule has 1 heterocycles. The molecule has 0 radical (unpaired) electrons. The largest absolute Gasteiger partial charge is 0.144 e. The van der Waals surface area contributed by atoms with Crippen LogP contribution in [0.4, 0.5) is 0 Å². The molecule has 2 aliphatic rings. The topological polar surface area (TPSA) is 0 Å². The van der Waals surface area contributed by atoms with E-state index >= 15 is 0 Å². The molecule has 1 aromatic heterocycles. The van der Waals surface area contributed by atoms with Gasteiger partial charge in [-0.1, -0.05) is 164 Å². The van der Waals surface area contributed by atoms with Crippen LogP contribution in [0.2, 0.25) is 0 Å². The van der Waals surface area contributed by atoms with Crippen molar-refractivity contribution in [2.24, 2.45) is 0 Å². The number of fused-ring (bicyclic) bond motifs is 13. The third-order valence-electron chi connectivity index (χ3n) is 13.4. The van der Waals surface area contributed by atoms with Gasteiger partial charge in [0.2, 0.25) is 0 Å². The van der Waals surface area contributed by atoms with E-state index < -0.39 is 0 Å². The Balaban J connectivity index is 1.13. The van der Waals surface area contributed by atoms with Crippen LogP contribution in [0.25, 0.3) is 142 Å². The molecule has 59 heavy (non-hydrogen) atoms. The van der Waals surface area contributed by atoms with Crippen molar-refractivity contribution >= 4 is 76.0 Å². The molecule has 0 spiro atoms. The lowest BCUT2D eigenvalue weighted by molar-refractivity contribution is 1.63. The Kier molecular flexibility index (Phi) is 6.26. The molecule has 0 fully saturated rings. The molecule has 0 bridgehead atoms. The minimum atomic E-state index is 1.24. The Bertz CT molecular complexity index is 3800. The smallest absolute Gasteiger partial charge is 0.0348 e. The van der Waals surface area contributed by atoms with E-state index in [9.17, 15) is 0 Å². The summed E-state index contributed by atoms with van der Waals surface area (Å²) in [6, 6.07) is 71.1. The summed E-state index contributed by atoms with van der Waals surface area (Å²) >= 11 is 1.81. The van der Waals surface area contributed by atoms with Crippen molar-refractivity contribution in [2.45, 2.75) is 0 Å². The van der Waals surface area contributed by atoms with Gasteiger partial charge in [0.1, 0.15) is 0 Å². The average Bonchev–Trinajstić information content (AvgIpc) is 4.03. The fraction of sp³-hybridized carbons (Fsp3) is 0. The van der Waals surface area contributed by atoms with Crippen LogP contribution < -0.4 is 0 Å². The Hall–Kier alpha value is -7.32. The predicted octanol–water partition coefficient (Wildman–Crippen LogP) is 17.0. The Labute approximate surface area is 344 Å². The monoisotopic (exact) mass is 760 g/mol. The summed E-state index contributed by atoms with van der Waals surface area (Å²) in [6.45, 7) is 0. The second-order valence-electron chi connectivity index (χ2n) is 16.2. The van der Waals surface area contributed by atoms with Crippen molar-refractivity contribution < 1.29 is 0 Å². The van der Waals surface area contributed by atoms with Gasteiger partial charge in [-0.2, -0.15) is 0 Å². The zero-order chi connectivity index (χ0) is 38.3. The lowest BCUT2D eigenvalue weighted by Gasteiger charge is -2.22. The Morgan fingerprint density at radius 2 is 0.847 bits per heavy atom. The van der Waals surface area contributed by atoms with Crippen molar-refractivity contribution in [2.75, 3.05) is 0 Å². The van der Waals surface area contributed by atoms with Gasteiger partial charge >= 0.3 is 0 Å². The van der Waals surface area contributed by atoms with Crippen LogP contribution in [0, 0.1) is 0 Å². The summed E-state index contributed by atoms with van der Waals surface area (Å²) in [4.78, 5) is 1.32. The highest BCUT2D eigenvalue weighted by atomic mass is 32.1. The van der Waals surface area contributed by atoms with E-state index in [1.165, 1.54) is 142 Å². The quantitative estimate of drug-likeness (QED) is 0.157. The number of thiophene rings is 1. The minimum absolute atomic E-state index is 1.24. The summed E-state index contributed by atoms with van der Waals surface area (Å²) in [5.41, 5.74) is 17.1.